The molecule has 3 heterocycles. The first kappa shape index (κ1) is 17.4. The quantitative estimate of drug-likeness (QED) is 0.897. The highest BCUT2D eigenvalue weighted by Crippen LogP contribution is 2.30. The molecule has 0 aromatic carbocycles. The predicted molar refractivity (Wildman–Crippen MR) is 89.2 cm³/mol. The molecule has 7 nitrogen and oxygen atoms in total. The SMILES string of the molecule is CC(C)(C)OC(=O)Nc1cc2nccn2c(N2CCC(F)(F)CC2)n1. The van der Waals surface area contributed by atoms with Crippen molar-refractivity contribution in [3.63, 3.8) is 0 Å². The van der Waals surface area contributed by atoms with Crippen LogP contribution in [0.15, 0.2) is 18.5 Å². The molecule has 1 aliphatic rings. The molecule has 0 spiro atoms. The first-order chi connectivity index (χ1) is 11.6. The molecule has 25 heavy (non-hydrogen) atoms. The largest absolute Gasteiger partial charge is 0.444 e. The van der Waals surface area contributed by atoms with Gasteiger partial charge in [-0.25, -0.2) is 18.6 Å². The number of rotatable bonds is 2. The number of imidazole rings is 1. The Hall–Kier alpha value is -2.45. The van der Waals surface area contributed by atoms with Crippen molar-refractivity contribution in [3.05, 3.63) is 18.5 Å². The summed E-state index contributed by atoms with van der Waals surface area (Å²) in [6.45, 7) is 5.65. The number of piperidine rings is 1. The van der Waals surface area contributed by atoms with Crippen LogP contribution >= 0.6 is 0 Å². The van der Waals surface area contributed by atoms with Crippen LogP contribution in [0.1, 0.15) is 33.6 Å². The molecular formula is C16H21F2N5O2. The Morgan fingerprint density at radius 1 is 1.32 bits per heavy atom. The van der Waals surface area contributed by atoms with Gasteiger partial charge in [-0.1, -0.05) is 0 Å². The van der Waals surface area contributed by atoms with E-state index in [0.29, 0.717) is 11.6 Å². The van der Waals surface area contributed by atoms with Crippen molar-refractivity contribution < 1.29 is 18.3 Å². The Morgan fingerprint density at radius 2 is 2.00 bits per heavy atom. The lowest BCUT2D eigenvalue weighted by molar-refractivity contribution is -0.0222. The second kappa shape index (κ2) is 6.12. The first-order valence-electron chi connectivity index (χ1n) is 8.10. The van der Waals surface area contributed by atoms with Crippen LogP contribution in [0.5, 0.6) is 0 Å². The summed E-state index contributed by atoms with van der Waals surface area (Å²) in [4.78, 5) is 22.3. The number of halogens is 2. The maximum absolute atomic E-state index is 13.4. The number of ether oxygens (including phenoxy) is 1. The molecule has 1 fully saturated rings. The van der Waals surface area contributed by atoms with E-state index in [1.165, 1.54) is 0 Å². The highest BCUT2D eigenvalue weighted by molar-refractivity contribution is 5.84. The number of amides is 1. The number of fused-ring (bicyclic) bond motifs is 1. The minimum absolute atomic E-state index is 0.184. The number of aromatic nitrogens is 3. The number of hydrogen-bond acceptors (Lipinski definition) is 5. The Morgan fingerprint density at radius 3 is 2.64 bits per heavy atom. The molecule has 0 saturated carbocycles. The average molecular weight is 353 g/mol. The molecule has 1 N–H and O–H groups in total. The molecule has 2 aromatic heterocycles. The van der Waals surface area contributed by atoms with Gasteiger partial charge in [-0.2, -0.15) is 4.98 Å². The summed E-state index contributed by atoms with van der Waals surface area (Å²) in [5.41, 5.74) is -0.0728. The fourth-order valence-electron chi connectivity index (χ4n) is 2.64. The van der Waals surface area contributed by atoms with E-state index in [-0.39, 0.29) is 31.7 Å². The van der Waals surface area contributed by atoms with E-state index in [0.717, 1.165) is 0 Å². The third-order valence-electron chi connectivity index (χ3n) is 3.78. The van der Waals surface area contributed by atoms with Gasteiger partial charge >= 0.3 is 6.09 Å². The maximum atomic E-state index is 13.4. The second-order valence-electron chi connectivity index (χ2n) is 7.07. The molecule has 3 rings (SSSR count). The minimum Gasteiger partial charge on any atom is -0.444 e. The summed E-state index contributed by atoms with van der Waals surface area (Å²) in [6, 6.07) is 1.60. The normalized spacial score (nSPS) is 17.6. The van der Waals surface area contributed by atoms with Gasteiger partial charge in [0.05, 0.1) is 0 Å². The number of hydrogen-bond donors (Lipinski definition) is 1. The van der Waals surface area contributed by atoms with Gasteiger partial charge in [0, 0.05) is 44.4 Å². The third kappa shape index (κ3) is 4.15. The summed E-state index contributed by atoms with van der Waals surface area (Å²) >= 11 is 0. The zero-order chi connectivity index (χ0) is 18.2. The monoisotopic (exact) mass is 353 g/mol. The zero-order valence-electron chi connectivity index (χ0n) is 14.4. The Balaban J connectivity index is 1.86. The van der Waals surface area contributed by atoms with Crippen molar-refractivity contribution in [3.8, 4) is 0 Å². The highest BCUT2D eigenvalue weighted by Gasteiger charge is 2.35. The topological polar surface area (TPSA) is 71.8 Å². The lowest BCUT2D eigenvalue weighted by atomic mass is 10.1. The van der Waals surface area contributed by atoms with Gasteiger partial charge in [0.25, 0.3) is 5.92 Å². The molecule has 2 aromatic rings. The van der Waals surface area contributed by atoms with Gasteiger partial charge < -0.3 is 9.64 Å². The Labute approximate surface area is 144 Å². The summed E-state index contributed by atoms with van der Waals surface area (Å²) in [5, 5.41) is 2.58. The van der Waals surface area contributed by atoms with Gasteiger partial charge in [0.2, 0.25) is 5.95 Å². The fraction of sp³-hybridized carbons (Fsp3) is 0.562. The number of nitrogens with one attached hydrogen (secondary N) is 1. The van der Waals surface area contributed by atoms with Crippen LogP contribution in [0.2, 0.25) is 0 Å². The summed E-state index contributed by atoms with van der Waals surface area (Å²) in [5.74, 6) is -1.91. The lowest BCUT2D eigenvalue weighted by Gasteiger charge is -2.32. The van der Waals surface area contributed by atoms with Crippen molar-refractivity contribution in [1.82, 2.24) is 14.4 Å². The highest BCUT2D eigenvalue weighted by atomic mass is 19.3. The van der Waals surface area contributed by atoms with E-state index >= 15 is 0 Å². The predicted octanol–water partition coefficient (Wildman–Crippen LogP) is 3.31. The number of alkyl halides is 2. The average Bonchev–Trinajstić information content (AvgIpc) is 2.92. The molecule has 136 valence electrons. The van der Waals surface area contributed by atoms with E-state index in [1.807, 2.05) is 0 Å². The Kier molecular flexibility index (Phi) is 4.26. The molecule has 0 radical (unpaired) electrons. The fourth-order valence-corrected chi connectivity index (χ4v) is 2.64. The maximum Gasteiger partial charge on any atom is 0.413 e. The first-order valence-corrected chi connectivity index (χ1v) is 8.10. The molecule has 9 heteroatoms. The third-order valence-corrected chi connectivity index (χ3v) is 3.78. The standard InChI is InChI=1S/C16H21F2N5O2/c1-15(2,3)25-14(24)21-11-10-12-19-6-9-23(12)13(20-11)22-7-4-16(17,18)5-8-22/h6,9-10H,4-5,7-8H2,1-3H3,(H,21,24). The van der Waals surface area contributed by atoms with Crippen molar-refractivity contribution in [2.75, 3.05) is 23.3 Å². The van der Waals surface area contributed by atoms with Gasteiger partial charge in [-0.15, -0.1) is 0 Å². The van der Waals surface area contributed by atoms with Crippen LogP contribution in [-0.2, 0) is 4.74 Å². The number of carbonyl (C=O) groups is 1. The van der Waals surface area contributed by atoms with E-state index in [1.54, 1.807) is 48.5 Å². The molecule has 0 unspecified atom stereocenters. The molecule has 0 aliphatic carbocycles. The zero-order valence-corrected chi connectivity index (χ0v) is 14.4. The molecule has 1 amide bonds. The smallest absolute Gasteiger partial charge is 0.413 e. The van der Waals surface area contributed by atoms with Crippen LogP contribution in [0, 0.1) is 0 Å². The van der Waals surface area contributed by atoms with Crippen LogP contribution in [0.3, 0.4) is 0 Å². The van der Waals surface area contributed by atoms with Gasteiger partial charge in [-0.05, 0) is 20.8 Å². The van der Waals surface area contributed by atoms with E-state index in [9.17, 15) is 13.6 Å². The van der Waals surface area contributed by atoms with Crippen LogP contribution < -0.4 is 10.2 Å². The van der Waals surface area contributed by atoms with Crippen LogP contribution in [0.4, 0.5) is 25.3 Å². The van der Waals surface area contributed by atoms with E-state index in [4.69, 9.17) is 4.74 Å². The lowest BCUT2D eigenvalue weighted by Crippen LogP contribution is -2.40. The van der Waals surface area contributed by atoms with Crippen LogP contribution in [0.25, 0.3) is 5.65 Å². The van der Waals surface area contributed by atoms with Crippen molar-refractivity contribution >= 4 is 23.5 Å². The van der Waals surface area contributed by atoms with Crippen LogP contribution in [-0.4, -0.2) is 45.1 Å². The number of carbonyl (C=O) groups excluding carboxylic acids is 1. The molecule has 0 atom stereocenters. The molecule has 0 bridgehead atoms. The summed E-state index contributed by atoms with van der Waals surface area (Å²) in [6.07, 6.45) is 2.22. The number of nitrogens with zero attached hydrogens (tertiary/aromatic N) is 4. The van der Waals surface area contributed by atoms with E-state index in [2.05, 4.69) is 15.3 Å². The van der Waals surface area contributed by atoms with Gasteiger partial charge in [0.1, 0.15) is 17.1 Å². The summed E-state index contributed by atoms with van der Waals surface area (Å²) < 4.78 is 33.8. The molecular weight excluding hydrogens is 332 g/mol. The molecule has 1 aliphatic heterocycles. The minimum atomic E-state index is -2.64. The second-order valence-corrected chi connectivity index (χ2v) is 7.07. The van der Waals surface area contributed by atoms with Crippen molar-refractivity contribution in [2.45, 2.75) is 45.1 Å². The van der Waals surface area contributed by atoms with Crippen molar-refractivity contribution in [1.29, 1.82) is 0 Å². The van der Waals surface area contributed by atoms with Gasteiger partial charge in [-0.3, -0.25) is 9.72 Å². The Bertz CT molecular complexity index is 774. The number of anilines is 2. The summed E-state index contributed by atoms with van der Waals surface area (Å²) in [7, 11) is 0. The molecule has 1 saturated heterocycles. The van der Waals surface area contributed by atoms with Gasteiger partial charge in [0.15, 0.2) is 0 Å². The van der Waals surface area contributed by atoms with E-state index < -0.39 is 17.6 Å². The van der Waals surface area contributed by atoms with Crippen molar-refractivity contribution in [2.24, 2.45) is 0 Å².